The summed E-state index contributed by atoms with van der Waals surface area (Å²) in [5.41, 5.74) is 1.54. The van der Waals surface area contributed by atoms with E-state index in [1.807, 2.05) is 4.90 Å². The molecule has 1 saturated carbocycles. The lowest BCUT2D eigenvalue weighted by molar-refractivity contribution is -0.384. The molecule has 2 heterocycles. The van der Waals surface area contributed by atoms with Crippen LogP contribution in [0.2, 0.25) is 0 Å². The number of fused-ring (bicyclic) bond motifs is 6. The molecular formula is C21H24N4O3. The molecular weight excluding hydrogens is 356 g/mol. The Labute approximate surface area is 163 Å². The SMILES string of the molecule is CC12CCC(C(=O)N3CCCC3)(c3nc4cc([N+](=O)[O-])ccc4nc31)C2(C)C. The number of nitro benzene ring substituents is 1. The van der Waals surface area contributed by atoms with Gasteiger partial charge in [-0.1, -0.05) is 20.8 Å². The van der Waals surface area contributed by atoms with E-state index in [0.29, 0.717) is 11.0 Å². The molecule has 1 aromatic heterocycles. The molecule has 2 aliphatic carbocycles. The van der Waals surface area contributed by atoms with Crippen molar-refractivity contribution < 1.29 is 9.72 Å². The van der Waals surface area contributed by atoms with Gasteiger partial charge in [0, 0.05) is 30.6 Å². The molecule has 2 fully saturated rings. The van der Waals surface area contributed by atoms with Crippen molar-refractivity contribution >= 4 is 22.6 Å². The topological polar surface area (TPSA) is 89.2 Å². The van der Waals surface area contributed by atoms with Gasteiger partial charge in [-0.05, 0) is 37.2 Å². The number of non-ortho nitro benzene ring substituents is 1. The van der Waals surface area contributed by atoms with Gasteiger partial charge in [0.25, 0.3) is 5.69 Å². The second-order valence-corrected chi connectivity index (χ2v) is 9.21. The van der Waals surface area contributed by atoms with Gasteiger partial charge >= 0.3 is 0 Å². The van der Waals surface area contributed by atoms with Crippen LogP contribution in [0.4, 0.5) is 5.69 Å². The van der Waals surface area contributed by atoms with Gasteiger partial charge in [-0.25, -0.2) is 9.97 Å². The second kappa shape index (κ2) is 5.27. The summed E-state index contributed by atoms with van der Waals surface area (Å²) in [6, 6.07) is 4.60. The third-order valence-corrected chi connectivity index (χ3v) is 7.99. The number of hydrogen-bond acceptors (Lipinski definition) is 5. The van der Waals surface area contributed by atoms with E-state index < -0.39 is 10.3 Å². The van der Waals surface area contributed by atoms with Crippen LogP contribution in [0.1, 0.15) is 57.8 Å². The van der Waals surface area contributed by atoms with Crippen molar-refractivity contribution in [2.45, 2.75) is 57.3 Å². The Morgan fingerprint density at radius 3 is 2.43 bits per heavy atom. The van der Waals surface area contributed by atoms with E-state index in [1.54, 1.807) is 6.07 Å². The Hall–Kier alpha value is -2.57. The quantitative estimate of drug-likeness (QED) is 0.588. The first kappa shape index (κ1) is 17.5. The highest BCUT2D eigenvalue weighted by Gasteiger charge is 2.73. The molecule has 2 aromatic rings. The number of rotatable bonds is 2. The first-order valence-electron chi connectivity index (χ1n) is 9.99. The number of carbonyl (C=O) groups is 1. The Kier molecular flexibility index (Phi) is 3.30. The van der Waals surface area contributed by atoms with Crippen molar-refractivity contribution in [3.8, 4) is 0 Å². The number of hydrogen-bond donors (Lipinski definition) is 0. The van der Waals surface area contributed by atoms with Gasteiger partial charge in [-0.15, -0.1) is 0 Å². The Morgan fingerprint density at radius 1 is 1.07 bits per heavy atom. The zero-order valence-electron chi connectivity index (χ0n) is 16.5. The van der Waals surface area contributed by atoms with Crippen molar-refractivity contribution in [1.29, 1.82) is 0 Å². The number of benzene rings is 1. The lowest BCUT2D eigenvalue weighted by atomic mass is 9.63. The maximum Gasteiger partial charge on any atom is 0.271 e. The van der Waals surface area contributed by atoms with Gasteiger partial charge in [0.1, 0.15) is 0 Å². The average Bonchev–Trinajstić information content (AvgIpc) is 3.30. The van der Waals surface area contributed by atoms with Crippen LogP contribution >= 0.6 is 0 Å². The third-order valence-electron chi connectivity index (χ3n) is 7.99. The van der Waals surface area contributed by atoms with E-state index in [1.165, 1.54) is 12.1 Å². The second-order valence-electron chi connectivity index (χ2n) is 9.21. The highest BCUT2D eigenvalue weighted by atomic mass is 16.6. The summed E-state index contributed by atoms with van der Waals surface area (Å²) in [4.78, 5) is 36.4. The molecule has 0 spiro atoms. The standard InChI is InChI=1S/C21H24N4O3/c1-19(2)20(3)8-9-21(19,18(26)24-10-4-5-11-24)17-16(20)22-14-7-6-13(25(27)28)12-15(14)23-17/h6-7,12H,4-5,8-11H2,1-3H3. The fourth-order valence-corrected chi connectivity index (χ4v) is 5.87. The molecule has 1 saturated heterocycles. The lowest BCUT2D eigenvalue weighted by Crippen LogP contribution is -2.52. The Morgan fingerprint density at radius 2 is 1.75 bits per heavy atom. The predicted molar refractivity (Wildman–Crippen MR) is 104 cm³/mol. The van der Waals surface area contributed by atoms with Gasteiger partial charge < -0.3 is 4.90 Å². The van der Waals surface area contributed by atoms with Crippen LogP contribution in [-0.4, -0.2) is 38.8 Å². The highest BCUT2D eigenvalue weighted by Crippen LogP contribution is 2.70. The fourth-order valence-electron chi connectivity index (χ4n) is 5.87. The van der Waals surface area contributed by atoms with Crippen molar-refractivity contribution in [3.05, 3.63) is 39.7 Å². The normalized spacial score (nSPS) is 30.0. The summed E-state index contributed by atoms with van der Waals surface area (Å²) < 4.78 is 0. The van der Waals surface area contributed by atoms with Crippen LogP contribution in [0.15, 0.2) is 18.2 Å². The molecule has 1 aromatic carbocycles. The molecule has 28 heavy (non-hydrogen) atoms. The van der Waals surface area contributed by atoms with Crippen LogP contribution in [-0.2, 0) is 15.6 Å². The average molecular weight is 380 g/mol. The van der Waals surface area contributed by atoms with Crippen molar-refractivity contribution in [1.82, 2.24) is 14.9 Å². The molecule has 2 bridgehead atoms. The summed E-state index contributed by atoms with van der Waals surface area (Å²) in [5.74, 6) is 0.163. The van der Waals surface area contributed by atoms with Gasteiger partial charge in [-0.3, -0.25) is 14.9 Å². The first-order chi connectivity index (χ1) is 13.2. The van der Waals surface area contributed by atoms with E-state index >= 15 is 0 Å². The van der Waals surface area contributed by atoms with E-state index in [0.717, 1.165) is 50.2 Å². The van der Waals surface area contributed by atoms with Crippen LogP contribution in [0.25, 0.3) is 11.0 Å². The van der Waals surface area contributed by atoms with Crippen molar-refractivity contribution in [2.24, 2.45) is 5.41 Å². The minimum atomic E-state index is -0.701. The highest BCUT2D eigenvalue weighted by molar-refractivity contribution is 5.93. The fraction of sp³-hybridized carbons (Fsp3) is 0.571. The van der Waals surface area contributed by atoms with Gasteiger partial charge in [0.15, 0.2) is 0 Å². The smallest absolute Gasteiger partial charge is 0.271 e. The molecule has 146 valence electrons. The van der Waals surface area contributed by atoms with E-state index in [-0.39, 0.29) is 22.4 Å². The summed E-state index contributed by atoms with van der Waals surface area (Å²) >= 11 is 0. The van der Waals surface area contributed by atoms with Crippen LogP contribution in [0.3, 0.4) is 0 Å². The minimum Gasteiger partial charge on any atom is -0.342 e. The van der Waals surface area contributed by atoms with Crippen molar-refractivity contribution in [2.75, 3.05) is 13.1 Å². The Balaban J connectivity index is 1.77. The number of nitro groups is 1. The zero-order valence-corrected chi connectivity index (χ0v) is 16.5. The van der Waals surface area contributed by atoms with E-state index in [2.05, 4.69) is 20.8 Å². The summed E-state index contributed by atoms with van der Waals surface area (Å²) in [7, 11) is 0. The molecule has 2 atom stereocenters. The Bertz CT molecular complexity index is 1040. The predicted octanol–water partition coefficient (Wildman–Crippen LogP) is 3.49. The molecule has 7 nitrogen and oxygen atoms in total. The molecule has 2 unspecified atom stereocenters. The first-order valence-corrected chi connectivity index (χ1v) is 9.99. The minimum absolute atomic E-state index is 0.00435. The van der Waals surface area contributed by atoms with Crippen molar-refractivity contribution in [3.63, 3.8) is 0 Å². The maximum atomic E-state index is 13.8. The van der Waals surface area contributed by atoms with E-state index in [4.69, 9.17) is 9.97 Å². The summed E-state index contributed by atoms with van der Waals surface area (Å²) in [6.07, 6.45) is 3.75. The van der Waals surface area contributed by atoms with Gasteiger partial charge in [0.05, 0.1) is 32.8 Å². The number of nitrogens with zero attached hydrogens (tertiary/aromatic N) is 4. The number of carbonyl (C=O) groups excluding carboxylic acids is 1. The molecule has 0 radical (unpaired) electrons. The molecule has 1 amide bonds. The lowest BCUT2D eigenvalue weighted by Gasteiger charge is -2.41. The zero-order chi connectivity index (χ0) is 19.9. The molecule has 5 rings (SSSR count). The number of aromatic nitrogens is 2. The van der Waals surface area contributed by atoms with Gasteiger partial charge in [-0.2, -0.15) is 0 Å². The van der Waals surface area contributed by atoms with Crippen LogP contribution in [0.5, 0.6) is 0 Å². The van der Waals surface area contributed by atoms with Crippen LogP contribution in [0, 0.1) is 15.5 Å². The van der Waals surface area contributed by atoms with Crippen LogP contribution < -0.4 is 0 Å². The molecule has 0 N–H and O–H groups in total. The van der Waals surface area contributed by atoms with E-state index in [9.17, 15) is 14.9 Å². The summed E-state index contributed by atoms with van der Waals surface area (Å²) in [6.45, 7) is 8.14. The summed E-state index contributed by atoms with van der Waals surface area (Å²) in [5, 5.41) is 11.2. The number of amides is 1. The largest absolute Gasteiger partial charge is 0.342 e. The van der Waals surface area contributed by atoms with Gasteiger partial charge in [0.2, 0.25) is 5.91 Å². The number of likely N-dealkylation sites (tertiary alicyclic amines) is 1. The monoisotopic (exact) mass is 380 g/mol. The maximum absolute atomic E-state index is 13.8. The molecule has 1 aliphatic heterocycles. The molecule has 3 aliphatic rings. The molecule has 7 heteroatoms. The third kappa shape index (κ3) is 1.82.